The van der Waals surface area contributed by atoms with Gasteiger partial charge in [0.05, 0.1) is 17.5 Å². The maximum Gasteiger partial charge on any atom is 0.342 e. The molecule has 0 bridgehead atoms. The minimum Gasteiger partial charge on any atom is -0.454 e. The molecule has 128 valence electrons. The van der Waals surface area contributed by atoms with Crippen LogP contribution in [0.1, 0.15) is 52.5 Å². The van der Waals surface area contributed by atoms with E-state index in [2.05, 4.69) is 32.1 Å². The highest BCUT2D eigenvalue weighted by Gasteiger charge is 2.25. The lowest BCUT2D eigenvalue weighted by atomic mass is 10.0. The van der Waals surface area contributed by atoms with Crippen molar-refractivity contribution < 1.29 is 9.53 Å². The molecule has 1 atom stereocenters. The van der Waals surface area contributed by atoms with Gasteiger partial charge in [0, 0.05) is 16.7 Å². The molecular weight excluding hydrogens is 382 g/mol. The number of hydrogen-bond acceptors (Lipinski definition) is 4. The quantitative estimate of drug-likeness (QED) is 0.472. The molecule has 25 heavy (non-hydrogen) atoms. The number of carbonyl (C=O) groups is 1. The van der Waals surface area contributed by atoms with E-state index in [1.54, 1.807) is 23.0 Å². The van der Waals surface area contributed by atoms with E-state index in [-0.39, 0.29) is 12.1 Å². The Labute approximate surface area is 154 Å². The minimum absolute atomic E-state index is 0.227. The van der Waals surface area contributed by atoms with Gasteiger partial charge in [-0.2, -0.15) is 5.10 Å². The van der Waals surface area contributed by atoms with Crippen molar-refractivity contribution in [3.8, 4) is 0 Å². The van der Waals surface area contributed by atoms with Crippen LogP contribution in [-0.4, -0.2) is 20.6 Å². The number of carbonyl (C=O) groups excluding carboxylic acids is 1. The molecular formula is C19H18BrN3O2. The molecule has 1 aliphatic carbocycles. The topological polar surface area (TPSA) is 56.5 Å². The second-order valence-electron chi connectivity index (χ2n) is 6.31. The Balaban J connectivity index is 1.66. The summed E-state index contributed by atoms with van der Waals surface area (Å²) in [5.74, 6) is -0.347. The number of ether oxygens (including phenoxy) is 1. The number of aromatic nitrogens is 3. The Morgan fingerprint density at radius 3 is 3.08 bits per heavy atom. The molecule has 0 fully saturated rings. The standard InChI is InChI=1S/C19H18BrN3O2/c1-12-15(11-21-18-9-10-22-23(12)18)19(24)25-17-8-3-2-5-13-14(17)6-4-7-16(13)20/h4,6-7,9-11,17H,2-3,5,8H2,1H3. The summed E-state index contributed by atoms with van der Waals surface area (Å²) < 4.78 is 8.65. The van der Waals surface area contributed by atoms with E-state index in [1.165, 1.54) is 5.56 Å². The van der Waals surface area contributed by atoms with Crippen LogP contribution in [0.2, 0.25) is 0 Å². The van der Waals surface area contributed by atoms with Crippen molar-refractivity contribution in [2.45, 2.75) is 38.7 Å². The Morgan fingerprint density at radius 2 is 2.20 bits per heavy atom. The zero-order chi connectivity index (χ0) is 17.4. The fourth-order valence-electron chi connectivity index (χ4n) is 3.43. The number of halogens is 1. The first kappa shape index (κ1) is 16.3. The monoisotopic (exact) mass is 399 g/mol. The average molecular weight is 400 g/mol. The first-order chi connectivity index (χ1) is 12.1. The van der Waals surface area contributed by atoms with Crippen LogP contribution in [0.15, 0.2) is 41.1 Å². The molecule has 5 nitrogen and oxygen atoms in total. The summed E-state index contributed by atoms with van der Waals surface area (Å²) in [6.07, 6.45) is 7.00. The number of nitrogens with zero attached hydrogens (tertiary/aromatic N) is 3. The van der Waals surface area contributed by atoms with Crippen LogP contribution < -0.4 is 0 Å². The van der Waals surface area contributed by atoms with Gasteiger partial charge < -0.3 is 4.74 Å². The number of esters is 1. The third-order valence-electron chi connectivity index (χ3n) is 4.77. The van der Waals surface area contributed by atoms with E-state index in [9.17, 15) is 4.79 Å². The Kier molecular flexibility index (Phi) is 4.29. The Bertz CT molecular complexity index is 951. The van der Waals surface area contributed by atoms with Gasteiger partial charge >= 0.3 is 5.97 Å². The Hall–Kier alpha value is -2.21. The van der Waals surface area contributed by atoms with Crippen molar-refractivity contribution >= 4 is 27.5 Å². The lowest BCUT2D eigenvalue weighted by molar-refractivity contribution is 0.0273. The van der Waals surface area contributed by atoms with Crippen LogP contribution >= 0.6 is 15.9 Å². The van der Waals surface area contributed by atoms with E-state index in [1.807, 2.05) is 19.1 Å². The van der Waals surface area contributed by atoms with Crippen LogP contribution in [0.4, 0.5) is 0 Å². The molecule has 0 amide bonds. The zero-order valence-electron chi connectivity index (χ0n) is 13.9. The second-order valence-corrected chi connectivity index (χ2v) is 7.16. The first-order valence-corrected chi connectivity index (χ1v) is 9.22. The molecule has 6 heteroatoms. The third-order valence-corrected chi connectivity index (χ3v) is 5.51. The summed E-state index contributed by atoms with van der Waals surface area (Å²) >= 11 is 3.63. The summed E-state index contributed by atoms with van der Waals surface area (Å²) in [6, 6.07) is 7.91. The molecule has 0 saturated carbocycles. The van der Waals surface area contributed by atoms with E-state index in [0.717, 1.165) is 47.1 Å². The molecule has 4 rings (SSSR count). The zero-order valence-corrected chi connectivity index (χ0v) is 15.5. The largest absolute Gasteiger partial charge is 0.454 e. The van der Waals surface area contributed by atoms with Gasteiger partial charge in [0.1, 0.15) is 6.10 Å². The maximum absolute atomic E-state index is 12.8. The van der Waals surface area contributed by atoms with Crippen LogP contribution in [0.3, 0.4) is 0 Å². The molecule has 3 aromatic rings. The third kappa shape index (κ3) is 2.95. The van der Waals surface area contributed by atoms with E-state index in [0.29, 0.717) is 5.56 Å². The molecule has 1 aliphatic rings. The smallest absolute Gasteiger partial charge is 0.342 e. The van der Waals surface area contributed by atoms with Gasteiger partial charge in [0.2, 0.25) is 0 Å². The number of benzene rings is 1. The van der Waals surface area contributed by atoms with Crippen molar-refractivity contribution in [3.05, 3.63) is 63.5 Å². The molecule has 0 N–H and O–H groups in total. The van der Waals surface area contributed by atoms with Gasteiger partial charge in [-0.3, -0.25) is 0 Å². The lowest BCUT2D eigenvalue weighted by Crippen LogP contribution is -2.15. The highest BCUT2D eigenvalue weighted by atomic mass is 79.9. The maximum atomic E-state index is 12.8. The highest BCUT2D eigenvalue weighted by molar-refractivity contribution is 9.10. The molecule has 0 aliphatic heterocycles. The van der Waals surface area contributed by atoms with Gasteiger partial charge in [-0.1, -0.05) is 28.1 Å². The first-order valence-electron chi connectivity index (χ1n) is 8.43. The average Bonchev–Trinajstić information content (AvgIpc) is 2.99. The molecule has 1 aromatic carbocycles. The summed E-state index contributed by atoms with van der Waals surface area (Å²) in [5.41, 5.74) is 4.26. The number of rotatable bonds is 2. The molecule has 0 spiro atoms. The summed E-state index contributed by atoms with van der Waals surface area (Å²) in [4.78, 5) is 17.1. The normalized spacial score (nSPS) is 17.1. The number of aryl methyl sites for hydroxylation is 1. The summed E-state index contributed by atoms with van der Waals surface area (Å²) in [5, 5.41) is 4.21. The predicted octanol–water partition coefficient (Wildman–Crippen LogP) is 4.42. The van der Waals surface area contributed by atoms with Crippen molar-refractivity contribution in [2.75, 3.05) is 0 Å². The van der Waals surface area contributed by atoms with Crippen molar-refractivity contribution in [1.82, 2.24) is 14.6 Å². The minimum atomic E-state index is -0.347. The second kappa shape index (κ2) is 6.59. The van der Waals surface area contributed by atoms with Crippen LogP contribution in [0, 0.1) is 6.92 Å². The van der Waals surface area contributed by atoms with Gasteiger partial charge in [-0.15, -0.1) is 0 Å². The van der Waals surface area contributed by atoms with Gasteiger partial charge in [0.25, 0.3) is 0 Å². The number of fused-ring (bicyclic) bond motifs is 2. The Morgan fingerprint density at radius 1 is 1.32 bits per heavy atom. The van der Waals surface area contributed by atoms with Crippen LogP contribution in [0.25, 0.3) is 5.65 Å². The van der Waals surface area contributed by atoms with Crippen LogP contribution in [0.5, 0.6) is 0 Å². The SMILES string of the molecule is Cc1c(C(=O)OC2CCCCc3c(Br)cccc32)cnc2ccnn12. The predicted molar refractivity (Wildman–Crippen MR) is 97.6 cm³/mol. The van der Waals surface area contributed by atoms with E-state index < -0.39 is 0 Å². The fourth-order valence-corrected chi connectivity index (χ4v) is 4.01. The van der Waals surface area contributed by atoms with Crippen molar-refractivity contribution in [1.29, 1.82) is 0 Å². The van der Waals surface area contributed by atoms with Crippen LogP contribution in [-0.2, 0) is 11.2 Å². The lowest BCUT2D eigenvalue weighted by Gasteiger charge is -2.19. The van der Waals surface area contributed by atoms with E-state index in [4.69, 9.17) is 4.74 Å². The van der Waals surface area contributed by atoms with E-state index >= 15 is 0 Å². The van der Waals surface area contributed by atoms with Gasteiger partial charge in [-0.05, 0) is 49.8 Å². The molecule has 1 unspecified atom stereocenters. The summed E-state index contributed by atoms with van der Waals surface area (Å²) in [7, 11) is 0. The highest BCUT2D eigenvalue weighted by Crippen LogP contribution is 2.35. The summed E-state index contributed by atoms with van der Waals surface area (Å²) in [6.45, 7) is 1.86. The molecule has 2 heterocycles. The molecule has 0 radical (unpaired) electrons. The number of hydrogen-bond donors (Lipinski definition) is 0. The van der Waals surface area contributed by atoms with Crippen molar-refractivity contribution in [3.63, 3.8) is 0 Å². The van der Waals surface area contributed by atoms with Gasteiger partial charge in [0.15, 0.2) is 5.65 Å². The fraction of sp³-hybridized carbons (Fsp3) is 0.316. The molecule has 2 aromatic heterocycles. The van der Waals surface area contributed by atoms with Crippen molar-refractivity contribution in [2.24, 2.45) is 0 Å². The van der Waals surface area contributed by atoms with Gasteiger partial charge in [-0.25, -0.2) is 14.3 Å². The molecule has 0 saturated heterocycles.